The molecule has 0 fully saturated rings. The lowest BCUT2D eigenvalue weighted by atomic mass is 10.1. The number of H-pyrrole nitrogens is 1. The fraction of sp³-hybridized carbons (Fsp3) is 0.0588. The number of hydrogen-bond acceptors (Lipinski definition) is 0. The smallest absolute Gasteiger partial charge is 0.0464 e. The Morgan fingerprint density at radius 3 is 2.61 bits per heavy atom. The van der Waals surface area contributed by atoms with E-state index in [4.69, 9.17) is 0 Å². The minimum Gasteiger partial charge on any atom is -0.355 e. The van der Waals surface area contributed by atoms with Crippen LogP contribution in [0.25, 0.3) is 22.2 Å². The van der Waals surface area contributed by atoms with Gasteiger partial charge in [-0.15, -0.1) is 6.58 Å². The third-order valence-corrected chi connectivity index (χ3v) is 3.20. The molecule has 2 aromatic carbocycles. The normalized spacial score (nSPS) is 10.7. The molecule has 0 unspecified atom stereocenters. The predicted molar refractivity (Wildman–Crippen MR) is 77.6 cm³/mol. The van der Waals surface area contributed by atoms with Gasteiger partial charge >= 0.3 is 0 Å². The molecule has 0 aliphatic rings. The zero-order valence-electron chi connectivity index (χ0n) is 10.2. The highest BCUT2D eigenvalue weighted by Gasteiger charge is 2.05. The maximum absolute atomic E-state index is 3.82. The van der Waals surface area contributed by atoms with Crippen LogP contribution < -0.4 is 0 Å². The molecule has 1 N–H and O–H groups in total. The van der Waals surface area contributed by atoms with E-state index in [0.29, 0.717) is 0 Å². The molecule has 0 radical (unpaired) electrons. The van der Waals surface area contributed by atoms with Gasteiger partial charge in [-0.05, 0) is 29.7 Å². The summed E-state index contributed by atoms with van der Waals surface area (Å²) in [5.74, 6) is 0. The van der Waals surface area contributed by atoms with E-state index >= 15 is 0 Å². The number of aromatic nitrogens is 1. The summed E-state index contributed by atoms with van der Waals surface area (Å²) in [5, 5.41) is 1.29. The van der Waals surface area contributed by atoms with Crippen LogP contribution in [0.5, 0.6) is 0 Å². The van der Waals surface area contributed by atoms with Crippen molar-refractivity contribution in [1.29, 1.82) is 0 Å². The lowest BCUT2D eigenvalue weighted by Crippen LogP contribution is -1.80. The van der Waals surface area contributed by atoms with Crippen LogP contribution >= 0.6 is 0 Å². The molecule has 0 aliphatic heterocycles. The van der Waals surface area contributed by atoms with Crippen molar-refractivity contribution in [3.8, 4) is 11.3 Å². The van der Waals surface area contributed by atoms with E-state index in [9.17, 15) is 0 Å². The van der Waals surface area contributed by atoms with E-state index in [1.807, 2.05) is 12.1 Å². The van der Waals surface area contributed by atoms with Crippen LogP contribution in [0, 0.1) is 0 Å². The fourth-order valence-electron chi connectivity index (χ4n) is 2.32. The van der Waals surface area contributed by atoms with E-state index in [1.54, 1.807) is 0 Å². The van der Waals surface area contributed by atoms with E-state index in [1.165, 1.54) is 27.7 Å². The second-order valence-corrected chi connectivity index (χ2v) is 4.42. The van der Waals surface area contributed by atoms with Crippen molar-refractivity contribution >= 4 is 10.9 Å². The Morgan fingerprint density at radius 1 is 1.00 bits per heavy atom. The first kappa shape index (κ1) is 10.8. The van der Waals surface area contributed by atoms with Gasteiger partial charge in [-0.1, -0.05) is 48.5 Å². The van der Waals surface area contributed by atoms with Gasteiger partial charge in [-0.3, -0.25) is 0 Å². The number of nitrogens with one attached hydrogen (secondary N) is 1. The summed E-state index contributed by atoms with van der Waals surface area (Å²) >= 11 is 0. The van der Waals surface area contributed by atoms with Crippen molar-refractivity contribution in [3.63, 3.8) is 0 Å². The highest BCUT2D eigenvalue weighted by atomic mass is 14.7. The van der Waals surface area contributed by atoms with Gasteiger partial charge in [0.2, 0.25) is 0 Å². The zero-order chi connectivity index (χ0) is 12.4. The van der Waals surface area contributed by atoms with Crippen LogP contribution in [0.1, 0.15) is 5.56 Å². The molecule has 88 valence electrons. The molecule has 0 saturated heterocycles. The number of benzene rings is 2. The lowest BCUT2D eigenvalue weighted by molar-refractivity contribution is 1.31. The van der Waals surface area contributed by atoms with Crippen LogP contribution in [0.2, 0.25) is 0 Å². The van der Waals surface area contributed by atoms with Gasteiger partial charge in [-0.25, -0.2) is 0 Å². The highest BCUT2D eigenvalue weighted by molar-refractivity contribution is 5.88. The van der Waals surface area contributed by atoms with Crippen LogP contribution in [0.4, 0.5) is 0 Å². The second-order valence-electron chi connectivity index (χ2n) is 4.42. The molecular formula is C17H15N. The molecular weight excluding hydrogens is 218 g/mol. The van der Waals surface area contributed by atoms with Crippen molar-refractivity contribution in [1.82, 2.24) is 4.98 Å². The third kappa shape index (κ3) is 1.84. The maximum Gasteiger partial charge on any atom is 0.0464 e. The number of allylic oxidation sites excluding steroid dienone is 1. The van der Waals surface area contributed by atoms with Crippen molar-refractivity contribution in [3.05, 3.63) is 72.8 Å². The van der Waals surface area contributed by atoms with Gasteiger partial charge in [0.05, 0.1) is 0 Å². The molecule has 1 heteroatoms. The quantitative estimate of drug-likeness (QED) is 0.638. The average molecular weight is 233 g/mol. The standard InChI is InChI=1S/C17H15N/c1-2-7-13-10-6-11-16-15(13)12-17(18-16)14-8-4-3-5-9-14/h2-6,8-12,18H,1,7H2. The number of rotatable bonds is 3. The number of aromatic amines is 1. The molecule has 3 rings (SSSR count). The molecule has 0 saturated carbocycles. The lowest BCUT2D eigenvalue weighted by Gasteiger charge is -1.97. The minimum absolute atomic E-state index is 0.906. The summed E-state index contributed by atoms with van der Waals surface area (Å²) in [6.45, 7) is 3.82. The van der Waals surface area contributed by atoms with E-state index in [2.05, 4.69) is 60.1 Å². The summed E-state index contributed by atoms with van der Waals surface area (Å²) in [5.41, 5.74) is 4.90. The van der Waals surface area contributed by atoms with Gasteiger partial charge in [-0.2, -0.15) is 0 Å². The molecule has 0 amide bonds. The molecule has 0 aliphatic carbocycles. The second kappa shape index (κ2) is 4.53. The Labute approximate surface area is 107 Å². The van der Waals surface area contributed by atoms with Crippen LogP contribution in [-0.4, -0.2) is 4.98 Å². The first-order valence-electron chi connectivity index (χ1n) is 6.15. The highest BCUT2D eigenvalue weighted by Crippen LogP contribution is 2.26. The average Bonchev–Trinajstić information content (AvgIpc) is 2.85. The van der Waals surface area contributed by atoms with Crippen LogP contribution in [0.15, 0.2) is 67.3 Å². The zero-order valence-corrected chi connectivity index (χ0v) is 10.2. The summed E-state index contributed by atoms with van der Waals surface area (Å²) < 4.78 is 0. The molecule has 1 aromatic heterocycles. The van der Waals surface area contributed by atoms with Crippen molar-refractivity contribution < 1.29 is 0 Å². The Bertz CT molecular complexity index is 677. The van der Waals surface area contributed by atoms with Crippen LogP contribution in [0.3, 0.4) is 0 Å². The molecule has 0 bridgehead atoms. The van der Waals surface area contributed by atoms with Gasteiger partial charge in [0.25, 0.3) is 0 Å². The molecule has 1 nitrogen and oxygen atoms in total. The van der Waals surface area contributed by atoms with E-state index in [-0.39, 0.29) is 0 Å². The Morgan fingerprint density at radius 2 is 1.83 bits per heavy atom. The van der Waals surface area contributed by atoms with E-state index < -0.39 is 0 Å². The summed E-state index contributed by atoms with van der Waals surface area (Å²) in [7, 11) is 0. The van der Waals surface area contributed by atoms with Crippen LogP contribution in [-0.2, 0) is 6.42 Å². The van der Waals surface area contributed by atoms with Gasteiger partial charge < -0.3 is 4.98 Å². The molecule has 3 aromatic rings. The Hall–Kier alpha value is -2.28. The SMILES string of the molecule is C=CCc1cccc2[nH]c(-c3ccccc3)cc12. The minimum atomic E-state index is 0.906. The maximum atomic E-state index is 3.82. The molecule has 0 spiro atoms. The fourth-order valence-corrected chi connectivity index (χ4v) is 2.32. The van der Waals surface area contributed by atoms with Gasteiger partial charge in [0.15, 0.2) is 0 Å². The first-order chi connectivity index (χ1) is 8.88. The van der Waals surface area contributed by atoms with Crippen molar-refractivity contribution in [2.24, 2.45) is 0 Å². The monoisotopic (exact) mass is 233 g/mol. The summed E-state index contributed by atoms with van der Waals surface area (Å²) in [6, 6.07) is 19.0. The van der Waals surface area contributed by atoms with Crippen molar-refractivity contribution in [2.75, 3.05) is 0 Å². The summed E-state index contributed by atoms with van der Waals surface area (Å²) in [6.07, 6.45) is 2.85. The molecule has 0 atom stereocenters. The number of fused-ring (bicyclic) bond motifs is 1. The van der Waals surface area contributed by atoms with Crippen molar-refractivity contribution in [2.45, 2.75) is 6.42 Å². The molecule has 18 heavy (non-hydrogen) atoms. The third-order valence-electron chi connectivity index (χ3n) is 3.20. The molecule has 1 heterocycles. The van der Waals surface area contributed by atoms with E-state index in [0.717, 1.165) is 6.42 Å². The largest absolute Gasteiger partial charge is 0.355 e. The predicted octanol–water partition coefficient (Wildman–Crippen LogP) is 4.56. The summed E-state index contributed by atoms with van der Waals surface area (Å²) in [4.78, 5) is 3.48. The first-order valence-corrected chi connectivity index (χ1v) is 6.15. The van der Waals surface area contributed by atoms with Gasteiger partial charge in [0, 0.05) is 16.6 Å². The topological polar surface area (TPSA) is 15.8 Å². The Kier molecular flexibility index (Phi) is 2.73. The number of hydrogen-bond donors (Lipinski definition) is 1. The van der Waals surface area contributed by atoms with Gasteiger partial charge in [0.1, 0.15) is 0 Å². The Balaban J connectivity index is 2.17.